The summed E-state index contributed by atoms with van der Waals surface area (Å²) in [5.74, 6) is -0.791. The van der Waals surface area contributed by atoms with Crippen LogP contribution in [0, 0.1) is 0 Å². The molecule has 6 heteroatoms. The molecule has 1 aliphatic heterocycles. The van der Waals surface area contributed by atoms with E-state index in [2.05, 4.69) is 0 Å². The van der Waals surface area contributed by atoms with E-state index in [0.717, 1.165) is 12.8 Å². The molecule has 1 N–H and O–H groups in total. The van der Waals surface area contributed by atoms with Crippen molar-refractivity contribution < 1.29 is 14.7 Å². The van der Waals surface area contributed by atoms with Crippen molar-refractivity contribution in [1.82, 2.24) is 14.7 Å². The van der Waals surface area contributed by atoms with E-state index in [0.29, 0.717) is 13.1 Å². The van der Waals surface area contributed by atoms with Crippen molar-refractivity contribution in [3.05, 3.63) is 0 Å². The standard InChI is InChI=1S/C13H25N3O3/c1-10(2)16(9-12(17)18)11-5-7-15(8-6-11)13(19)14(3)4/h10-11H,5-9H2,1-4H3,(H,17,18). The summed E-state index contributed by atoms with van der Waals surface area (Å²) >= 11 is 0. The second-order valence-electron chi connectivity index (χ2n) is 5.56. The fraction of sp³-hybridized carbons (Fsp3) is 0.846. The predicted octanol–water partition coefficient (Wildman–Crippen LogP) is 0.927. The first-order valence-corrected chi connectivity index (χ1v) is 6.76. The van der Waals surface area contributed by atoms with E-state index in [4.69, 9.17) is 5.11 Å². The van der Waals surface area contributed by atoms with Crippen LogP contribution in [-0.2, 0) is 4.79 Å². The molecule has 0 aliphatic carbocycles. The Morgan fingerprint density at radius 1 is 1.26 bits per heavy atom. The van der Waals surface area contributed by atoms with Gasteiger partial charge in [-0.15, -0.1) is 0 Å². The number of nitrogens with zero attached hydrogens (tertiary/aromatic N) is 3. The third-order valence-corrected chi connectivity index (χ3v) is 3.57. The minimum absolute atomic E-state index is 0.0350. The van der Waals surface area contributed by atoms with Crippen molar-refractivity contribution in [2.75, 3.05) is 33.7 Å². The molecular formula is C13H25N3O3. The number of carbonyl (C=O) groups is 2. The van der Waals surface area contributed by atoms with Gasteiger partial charge in [-0.05, 0) is 26.7 Å². The first kappa shape index (κ1) is 15.8. The third kappa shape index (κ3) is 4.38. The number of rotatable bonds is 4. The summed E-state index contributed by atoms with van der Waals surface area (Å²) in [5.41, 5.74) is 0. The van der Waals surface area contributed by atoms with Crippen molar-refractivity contribution >= 4 is 12.0 Å². The van der Waals surface area contributed by atoms with Crippen molar-refractivity contribution in [1.29, 1.82) is 0 Å². The Hall–Kier alpha value is -1.30. The van der Waals surface area contributed by atoms with Crippen LogP contribution < -0.4 is 0 Å². The molecule has 0 bridgehead atoms. The van der Waals surface area contributed by atoms with Crippen LogP contribution in [0.5, 0.6) is 0 Å². The van der Waals surface area contributed by atoms with E-state index in [1.54, 1.807) is 19.0 Å². The average molecular weight is 271 g/mol. The van der Waals surface area contributed by atoms with Gasteiger partial charge in [0.1, 0.15) is 0 Å². The van der Waals surface area contributed by atoms with Gasteiger partial charge < -0.3 is 14.9 Å². The number of amides is 2. The Morgan fingerprint density at radius 3 is 2.16 bits per heavy atom. The summed E-state index contributed by atoms with van der Waals surface area (Å²) in [6.45, 7) is 5.50. The average Bonchev–Trinajstić information content (AvgIpc) is 2.34. The van der Waals surface area contributed by atoms with Crippen molar-refractivity contribution in [3.8, 4) is 0 Å². The topological polar surface area (TPSA) is 64.1 Å². The van der Waals surface area contributed by atoms with Crippen molar-refractivity contribution in [3.63, 3.8) is 0 Å². The molecule has 19 heavy (non-hydrogen) atoms. The number of carbonyl (C=O) groups excluding carboxylic acids is 1. The van der Waals surface area contributed by atoms with Gasteiger partial charge in [-0.1, -0.05) is 0 Å². The minimum atomic E-state index is -0.791. The predicted molar refractivity (Wildman–Crippen MR) is 73.2 cm³/mol. The Kier molecular flexibility index (Phi) is 5.60. The number of likely N-dealkylation sites (tertiary alicyclic amines) is 1. The smallest absolute Gasteiger partial charge is 0.319 e. The molecule has 1 rings (SSSR count). The Labute approximate surface area is 115 Å². The number of carboxylic acids is 1. The van der Waals surface area contributed by atoms with Gasteiger partial charge in [0, 0.05) is 39.3 Å². The van der Waals surface area contributed by atoms with Crippen molar-refractivity contribution in [2.45, 2.75) is 38.8 Å². The molecule has 6 nitrogen and oxygen atoms in total. The molecule has 0 aromatic heterocycles. The highest BCUT2D eigenvalue weighted by atomic mass is 16.4. The van der Waals surface area contributed by atoms with Gasteiger partial charge in [-0.25, -0.2) is 4.79 Å². The molecule has 1 aliphatic rings. The monoisotopic (exact) mass is 271 g/mol. The van der Waals surface area contributed by atoms with E-state index in [1.807, 2.05) is 23.6 Å². The summed E-state index contributed by atoms with van der Waals surface area (Å²) in [6.07, 6.45) is 1.68. The Balaban J connectivity index is 2.55. The van der Waals surface area contributed by atoms with Crippen molar-refractivity contribution in [2.24, 2.45) is 0 Å². The maximum Gasteiger partial charge on any atom is 0.319 e. The second kappa shape index (κ2) is 6.75. The Bertz CT molecular complexity index is 323. The number of hydrogen-bond donors (Lipinski definition) is 1. The highest BCUT2D eigenvalue weighted by Gasteiger charge is 2.29. The van der Waals surface area contributed by atoms with E-state index in [9.17, 15) is 9.59 Å². The molecule has 0 spiro atoms. The summed E-state index contributed by atoms with van der Waals surface area (Å²) in [4.78, 5) is 28.2. The fourth-order valence-electron chi connectivity index (χ4n) is 2.56. The van der Waals surface area contributed by atoms with Crippen LogP contribution in [0.4, 0.5) is 4.79 Å². The zero-order valence-electron chi connectivity index (χ0n) is 12.3. The molecule has 0 aromatic rings. The molecule has 110 valence electrons. The lowest BCUT2D eigenvalue weighted by Gasteiger charge is -2.40. The van der Waals surface area contributed by atoms with E-state index in [-0.39, 0.29) is 24.7 Å². The highest BCUT2D eigenvalue weighted by Crippen LogP contribution is 2.19. The molecule has 2 amide bonds. The van der Waals surface area contributed by atoms with E-state index >= 15 is 0 Å². The maximum atomic E-state index is 11.8. The lowest BCUT2D eigenvalue weighted by atomic mass is 10.0. The maximum absolute atomic E-state index is 11.8. The van der Waals surface area contributed by atoms with Crippen LogP contribution in [0.1, 0.15) is 26.7 Å². The quantitative estimate of drug-likeness (QED) is 0.826. The van der Waals surface area contributed by atoms with Crippen LogP contribution in [0.2, 0.25) is 0 Å². The third-order valence-electron chi connectivity index (χ3n) is 3.57. The summed E-state index contributed by atoms with van der Waals surface area (Å²) in [6, 6.07) is 0.493. The summed E-state index contributed by atoms with van der Waals surface area (Å²) in [7, 11) is 3.50. The van der Waals surface area contributed by atoms with Crippen LogP contribution >= 0.6 is 0 Å². The normalized spacial score (nSPS) is 17.1. The molecular weight excluding hydrogens is 246 g/mol. The SMILES string of the molecule is CC(C)N(CC(=O)O)C1CCN(C(=O)N(C)C)CC1. The van der Waals surface area contributed by atoms with Gasteiger partial charge in [0.2, 0.25) is 0 Å². The molecule has 0 saturated carbocycles. The first-order chi connectivity index (χ1) is 8.82. The highest BCUT2D eigenvalue weighted by molar-refractivity contribution is 5.73. The number of piperidine rings is 1. The van der Waals surface area contributed by atoms with Crippen LogP contribution in [0.15, 0.2) is 0 Å². The van der Waals surface area contributed by atoms with Gasteiger partial charge in [0.15, 0.2) is 0 Å². The van der Waals surface area contributed by atoms with Gasteiger partial charge in [-0.3, -0.25) is 9.69 Å². The number of aliphatic carboxylic acids is 1. The van der Waals surface area contributed by atoms with Gasteiger partial charge in [-0.2, -0.15) is 0 Å². The Morgan fingerprint density at radius 2 is 1.79 bits per heavy atom. The molecule has 1 fully saturated rings. The number of urea groups is 1. The minimum Gasteiger partial charge on any atom is -0.480 e. The molecule has 1 saturated heterocycles. The van der Waals surface area contributed by atoms with Gasteiger partial charge in [0.25, 0.3) is 0 Å². The van der Waals surface area contributed by atoms with Crippen LogP contribution in [-0.4, -0.2) is 77.6 Å². The van der Waals surface area contributed by atoms with E-state index < -0.39 is 5.97 Å². The van der Waals surface area contributed by atoms with Gasteiger partial charge in [0.05, 0.1) is 6.54 Å². The molecule has 0 unspecified atom stereocenters. The molecule has 0 aromatic carbocycles. The lowest BCUT2D eigenvalue weighted by Crippen LogP contribution is -2.51. The second-order valence-corrected chi connectivity index (χ2v) is 5.56. The molecule has 0 atom stereocenters. The largest absolute Gasteiger partial charge is 0.480 e. The van der Waals surface area contributed by atoms with Crippen LogP contribution in [0.25, 0.3) is 0 Å². The lowest BCUT2D eigenvalue weighted by molar-refractivity contribution is -0.139. The number of hydrogen-bond acceptors (Lipinski definition) is 3. The van der Waals surface area contributed by atoms with Crippen LogP contribution in [0.3, 0.4) is 0 Å². The zero-order valence-corrected chi connectivity index (χ0v) is 12.3. The molecule has 0 radical (unpaired) electrons. The summed E-state index contributed by atoms with van der Waals surface area (Å²) < 4.78 is 0. The fourth-order valence-corrected chi connectivity index (χ4v) is 2.56. The molecule has 1 heterocycles. The zero-order chi connectivity index (χ0) is 14.6. The first-order valence-electron chi connectivity index (χ1n) is 6.76. The summed E-state index contributed by atoms with van der Waals surface area (Å²) in [5, 5.41) is 8.96. The van der Waals surface area contributed by atoms with E-state index in [1.165, 1.54) is 0 Å². The van der Waals surface area contributed by atoms with Gasteiger partial charge >= 0.3 is 12.0 Å². The number of carboxylic acid groups (broad SMARTS) is 1.